The maximum atomic E-state index is 14.0. The summed E-state index contributed by atoms with van der Waals surface area (Å²) in [6.45, 7) is 4.72. The van der Waals surface area contributed by atoms with Gasteiger partial charge in [-0.25, -0.2) is 0 Å². The van der Waals surface area contributed by atoms with Crippen molar-refractivity contribution < 1.29 is 14.3 Å². The molecule has 3 aromatic rings. The second-order valence-electron chi connectivity index (χ2n) is 9.61. The third-order valence-electron chi connectivity index (χ3n) is 7.32. The van der Waals surface area contributed by atoms with Crippen LogP contribution >= 0.6 is 0 Å². The van der Waals surface area contributed by atoms with Crippen molar-refractivity contribution in [1.29, 1.82) is 0 Å². The second-order valence-corrected chi connectivity index (χ2v) is 9.61. The van der Waals surface area contributed by atoms with Crippen LogP contribution in [0.1, 0.15) is 37.3 Å². The number of amides is 2. The van der Waals surface area contributed by atoms with Crippen LogP contribution in [-0.4, -0.2) is 53.9 Å². The molecular weight excluding hydrogens is 462 g/mol. The van der Waals surface area contributed by atoms with Gasteiger partial charge in [0.25, 0.3) is 0 Å². The fourth-order valence-corrected chi connectivity index (χ4v) is 5.05. The van der Waals surface area contributed by atoms with Gasteiger partial charge in [0.2, 0.25) is 11.8 Å². The molecule has 0 spiro atoms. The van der Waals surface area contributed by atoms with E-state index in [4.69, 9.17) is 4.74 Å². The van der Waals surface area contributed by atoms with Crippen LogP contribution in [0.4, 0.5) is 5.69 Å². The number of benzene rings is 3. The Morgan fingerprint density at radius 1 is 0.892 bits per heavy atom. The summed E-state index contributed by atoms with van der Waals surface area (Å²) in [7, 11) is 1.62. The van der Waals surface area contributed by atoms with E-state index >= 15 is 0 Å². The SMILES string of the molecule is CCC(=O)N(Cc1ccccc1)C1(C(=O)Nc2ccc(OC)cc2)CCN(CCc2ccccc2)CC1. The fraction of sp³-hybridized carbons (Fsp3) is 0.355. The number of nitrogens with zero attached hydrogens (tertiary/aromatic N) is 2. The first-order valence-electron chi connectivity index (χ1n) is 13.1. The van der Waals surface area contributed by atoms with Crippen LogP contribution in [0.5, 0.6) is 5.75 Å². The normalized spacial score (nSPS) is 15.1. The number of nitrogens with one attached hydrogen (secondary N) is 1. The van der Waals surface area contributed by atoms with Gasteiger partial charge < -0.3 is 19.9 Å². The van der Waals surface area contributed by atoms with E-state index in [9.17, 15) is 9.59 Å². The quantitative estimate of drug-likeness (QED) is 0.419. The molecule has 0 aromatic heterocycles. The van der Waals surface area contributed by atoms with Crippen LogP contribution in [0.15, 0.2) is 84.9 Å². The Morgan fingerprint density at radius 3 is 2.05 bits per heavy atom. The van der Waals surface area contributed by atoms with Gasteiger partial charge >= 0.3 is 0 Å². The van der Waals surface area contributed by atoms with Crippen molar-refractivity contribution in [2.75, 3.05) is 32.1 Å². The van der Waals surface area contributed by atoms with Gasteiger partial charge in [-0.1, -0.05) is 67.6 Å². The summed E-state index contributed by atoms with van der Waals surface area (Å²) in [6, 6.07) is 27.7. The summed E-state index contributed by atoms with van der Waals surface area (Å²) in [5.74, 6) is 0.593. The zero-order valence-corrected chi connectivity index (χ0v) is 21.9. The van der Waals surface area contributed by atoms with Gasteiger partial charge in [0.1, 0.15) is 11.3 Å². The number of anilines is 1. The van der Waals surface area contributed by atoms with Gasteiger partial charge in [-0.05, 0) is 54.7 Å². The number of carbonyl (C=O) groups is 2. The largest absolute Gasteiger partial charge is 0.497 e. The first-order chi connectivity index (χ1) is 18.0. The number of rotatable bonds is 10. The van der Waals surface area contributed by atoms with Crippen molar-refractivity contribution in [1.82, 2.24) is 9.80 Å². The molecule has 0 atom stereocenters. The molecule has 194 valence electrons. The molecule has 37 heavy (non-hydrogen) atoms. The van der Waals surface area contributed by atoms with Gasteiger partial charge in [0.05, 0.1) is 7.11 Å². The average Bonchev–Trinajstić information content (AvgIpc) is 2.96. The fourth-order valence-electron chi connectivity index (χ4n) is 5.05. The molecule has 1 aliphatic rings. The Hall–Kier alpha value is -3.64. The lowest BCUT2D eigenvalue weighted by molar-refractivity contribution is -0.149. The van der Waals surface area contributed by atoms with E-state index in [-0.39, 0.29) is 11.8 Å². The van der Waals surface area contributed by atoms with Crippen molar-refractivity contribution in [2.45, 2.75) is 44.7 Å². The average molecular weight is 500 g/mol. The first-order valence-corrected chi connectivity index (χ1v) is 13.1. The monoisotopic (exact) mass is 499 g/mol. The Balaban J connectivity index is 1.57. The maximum Gasteiger partial charge on any atom is 0.250 e. The predicted octanol–water partition coefficient (Wildman–Crippen LogP) is 5.15. The minimum Gasteiger partial charge on any atom is -0.497 e. The summed E-state index contributed by atoms with van der Waals surface area (Å²) in [4.78, 5) is 31.6. The van der Waals surface area contributed by atoms with Gasteiger partial charge in [-0.2, -0.15) is 0 Å². The molecule has 0 unspecified atom stereocenters. The number of carbonyl (C=O) groups excluding carboxylic acids is 2. The molecule has 1 N–H and O–H groups in total. The molecule has 0 saturated carbocycles. The van der Waals surface area contributed by atoms with E-state index in [1.165, 1.54) is 5.56 Å². The van der Waals surface area contributed by atoms with E-state index < -0.39 is 5.54 Å². The molecule has 1 fully saturated rings. The summed E-state index contributed by atoms with van der Waals surface area (Å²) >= 11 is 0. The summed E-state index contributed by atoms with van der Waals surface area (Å²) in [6.07, 6.45) is 2.49. The van der Waals surface area contributed by atoms with Gasteiger partial charge in [0, 0.05) is 38.3 Å². The van der Waals surface area contributed by atoms with Crippen LogP contribution < -0.4 is 10.1 Å². The third kappa shape index (κ3) is 6.57. The molecule has 1 heterocycles. The number of ether oxygens (including phenoxy) is 1. The van der Waals surface area contributed by atoms with Crippen LogP contribution in [0.2, 0.25) is 0 Å². The third-order valence-corrected chi connectivity index (χ3v) is 7.32. The van der Waals surface area contributed by atoms with Crippen LogP contribution in [0.25, 0.3) is 0 Å². The van der Waals surface area contributed by atoms with E-state index in [2.05, 4.69) is 34.5 Å². The van der Waals surface area contributed by atoms with E-state index in [1.807, 2.05) is 72.5 Å². The lowest BCUT2D eigenvalue weighted by Gasteiger charge is -2.47. The molecule has 4 rings (SSSR count). The molecular formula is C31H37N3O3. The molecule has 2 amide bonds. The van der Waals surface area contributed by atoms with Crippen LogP contribution in [0.3, 0.4) is 0 Å². The molecule has 6 heteroatoms. The van der Waals surface area contributed by atoms with Crippen LogP contribution in [-0.2, 0) is 22.6 Å². The molecule has 1 saturated heterocycles. The lowest BCUT2D eigenvalue weighted by atomic mass is 9.83. The second kappa shape index (κ2) is 12.5. The Morgan fingerprint density at radius 2 is 1.49 bits per heavy atom. The van der Waals surface area contributed by atoms with E-state index in [0.717, 1.165) is 37.4 Å². The highest BCUT2D eigenvalue weighted by Gasteiger charge is 2.48. The first kappa shape index (κ1) is 26.4. The maximum absolute atomic E-state index is 14.0. The molecule has 0 bridgehead atoms. The lowest BCUT2D eigenvalue weighted by Crippen LogP contribution is -2.63. The molecule has 3 aromatic carbocycles. The van der Waals surface area contributed by atoms with Gasteiger partial charge in [0.15, 0.2) is 0 Å². The van der Waals surface area contributed by atoms with Gasteiger partial charge in [-0.15, -0.1) is 0 Å². The van der Waals surface area contributed by atoms with Crippen molar-refractivity contribution in [3.05, 3.63) is 96.1 Å². The Bertz CT molecular complexity index is 1140. The zero-order valence-electron chi connectivity index (χ0n) is 21.9. The predicted molar refractivity (Wildman–Crippen MR) is 147 cm³/mol. The molecule has 0 radical (unpaired) electrons. The standard InChI is InChI=1S/C31H37N3O3/c1-3-29(35)34(24-26-12-8-5-9-13-26)31(30(36)32-27-14-16-28(37-2)17-15-27)19-22-33(23-20-31)21-18-25-10-6-4-7-11-25/h4-17H,3,18-24H2,1-2H3,(H,32,36). The number of hydrogen-bond acceptors (Lipinski definition) is 4. The van der Waals surface area contributed by atoms with Crippen molar-refractivity contribution in [2.24, 2.45) is 0 Å². The van der Waals surface area contributed by atoms with Crippen molar-refractivity contribution in [3.8, 4) is 5.75 Å². The molecule has 6 nitrogen and oxygen atoms in total. The minimum atomic E-state index is -0.924. The highest BCUT2D eigenvalue weighted by molar-refractivity contribution is 6.00. The minimum absolute atomic E-state index is 0.00790. The summed E-state index contributed by atoms with van der Waals surface area (Å²) in [5.41, 5.74) is 2.10. The molecule has 1 aliphatic heterocycles. The highest BCUT2D eigenvalue weighted by atomic mass is 16.5. The van der Waals surface area contributed by atoms with Crippen molar-refractivity contribution >= 4 is 17.5 Å². The Kier molecular flexibility index (Phi) is 8.96. The van der Waals surface area contributed by atoms with E-state index in [1.54, 1.807) is 7.11 Å². The number of methoxy groups -OCH3 is 1. The highest BCUT2D eigenvalue weighted by Crippen LogP contribution is 2.33. The van der Waals surface area contributed by atoms with E-state index in [0.29, 0.717) is 31.5 Å². The van der Waals surface area contributed by atoms with Crippen LogP contribution in [0, 0.1) is 0 Å². The number of piperidine rings is 1. The number of hydrogen-bond donors (Lipinski definition) is 1. The van der Waals surface area contributed by atoms with Crippen molar-refractivity contribution in [3.63, 3.8) is 0 Å². The van der Waals surface area contributed by atoms with Gasteiger partial charge in [-0.3, -0.25) is 9.59 Å². The number of likely N-dealkylation sites (tertiary alicyclic amines) is 1. The topological polar surface area (TPSA) is 61.9 Å². The summed E-state index contributed by atoms with van der Waals surface area (Å²) < 4.78 is 5.26. The molecule has 0 aliphatic carbocycles. The smallest absolute Gasteiger partial charge is 0.250 e. The summed E-state index contributed by atoms with van der Waals surface area (Å²) in [5, 5.41) is 3.11. The Labute approximate surface area is 220 Å². The zero-order chi connectivity index (χ0) is 26.1.